The van der Waals surface area contributed by atoms with Gasteiger partial charge in [0.2, 0.25) is 0 Å². The number of hydrogen-bond donors (Lipinski definition) is 1. The fourth-order valence-electron chi connectivity index (χ4n) is 1.71. The number of ether oxygens (including phenoxy) is 1. The first-order valence-electron chi connectivity index (χ1n) is 5.99. The summed E-state index contributed by atoms with van der Waals surface area (Å²) in [6.45, 7) is 1.81. The second kappa shape index (κ2) is 6.03. The first-order chi connectivity index (χ1) is 8.77. The maximum atomic E-state index is 5.63. The molecule has 0 aliphatic rings. The van der Waals surface area contributed by atoms with E-state index in [1.54, 1.807) is 6.26 Å². The van der Waals surface area contributed by atoms with Crippen LogP contribution in [0.4, 0.5) is 0 Å². The number of rotatable bonds is 4. The van der Waals surface area contributed by atoms with Crippen LogP contribution in [0.15, 0.2) is 66.9 Å². The van der Waals surface area contributed by atoms with Gasteiger partial charge < -0.3 is 4.74 Å². The molecule has 92 valence electrons. The van der Waals surface area contributed by atoms with Crippen molar-refractivity contribution in [3.8, 4) is 0 Å². The minimum Gasteiger partial charge on any atom is -0.483 e. The summed E-state index contributed by atoms with van der Waals surface area (Å²) in [6, 6.07) is 20.3. The second-order valence-corrected chi connectivity index (χ2v) is 4.10. The van der Waals surface area contributed by atoms with Gasteiger partial charge in [0.05, 0.1) is 6.26 Å². The van der Waals surface area contributed by atoms with Crippen molar-refractivity contribution >= 4 is 5.57 Å². The molecule has 0 fully saturated rings. The highest BCUT2D eigenvalue weighted by atomic mass is 16.5. The minimum atomic E-state index is -0.313. The summed E-state index contributed by atoms with van der Waals surface area (Å²) in [7, 11) is 0. The van der Waals surface area contributed by atoms with Crippen LogP contribution in [-0.2, 0) is 4.74 Å². The molecule has 2 nitrogen and oxygen atoms in total. The predicted molar refractivity (Wildman–Crippen MR) is 74.7 cm³/mol. The minimum absolute atomic E-state index is 0.313. The Labute approximate surface area is 108 Å². The van der Waals surface area contributed by atoms with Crippen molar-refractivity contribution in [2.75, 3.05) is 0 Å². The summed E-state index contributed by atoms with van der Waals surface area (Å²) >= 11 is 0. The molecule has 2 heteroatoms. The summed E-state index contributed by atoms with van der Waals surface area (Å²) in [5, 5.41) is 0. The van der Waals surface area contributed by atoms with Gasteiger partial charge in [-0.3, -0.25) is 5.73 Å². The lowest BCUT2D eigenvalue weighted by Gasteiger charge is -2.11. The normalized spacial score (nSPS) is 11.7. The summed E-state index contributed by atoms with van der Waals surface area (Å²) in [5.74, 6) is 0. The SMILES string of the molecule is CC(N)OC=C(c1ccccc1)c1ccccc1. The molecule has 0 amide bonds. The predicted octanol–water partition coefficient (Wildman–Crippen LogP) is 3.40. The topological polar surface area (TPSA) is 35.2 Å². The van der Waals surface area contributed by atoms with Gasteiger partial charge in [0.15, 0.2) is 0 Å². The molecule has 0 bridgehead atoms. The highest BCUT2D eigenvalue weighted by molar-refractivity contribution is 5.78. The van der Waals surface area contributed by atoms with Crippen molar-refractivity contribution in [1.29, 1.82) is 0 Å². The smallest absolute Gasteiger partial charge is 0.144 e. The lowest BCUT2D eigenvalue weighted by Crippen LogP contribution is -2.16. The van der Waals surface area contributed by atoms with Crippen LogP contribution in [0.5, 0.6) is 0 Å². The van der Waals surface area contributed by atoms with Gasteiger partial charge in [0.25, 0.3) is 0 Å². The molecule has 0 aliphatic carbocycles. The van der Waals surface area contributed by atoms with Crippen LogP contribution in [0.1, 0.15) is 18.1 Å². The van der Waals surface area contributed by atoms with Crippen LogP contribution in [0.2, 0.25) is 0 Å². The molecular weight excluding hydrogens is 222 g/mol. The molecule has 2 rings (SSSR count). The van der Waals surface area contributed by atoms with Gasteiger partial charge in [-0.1, -0.05) is 60.7 Å². The Morgan fingerprint density at radius 1 is 0.944 bits per heavy atom. The van der Waals surface area contributed by atoms with Crippen LogP contribution in [0.3, 0.4) is 0 Å². The highest BCUT2D eigenvalue weighted by Crippen LogP contribution is 2.23. The fraction of sp³-hybridized carbons (Fsp3) is 0.125. The molecule has 0 aliphatic heterocycles. The Kier molecular flexibility index (Phi) is 4.15. The second-order valence-electron chi connectivity index (χ2n) is 4.10. The molecule has 1 atom stereocenters. The monoisotopic (exact) mass is 239 g/mol. The molecule has 2 N–H and O–H groups in total. The van der Waals surface area contributed by atoms with Gasteiger partial charge in [-0.2, -0.15) is 0 Å². The van der Waals surface area contributed by atoms with Crippen molar-refractivity contribution in [3.05, 3.63) is 78.1 Å². The Bertz CT molecular complexity index is 462. The third kappa shape index (κ3) is 3.22. The molecule has 1 unspecified atom stereocenters. The fourth-order valence-corrected chi connectivity index (χ4v) is 1.71. The third-order valence-electron chi connectivity index (χ3n) is 2.57. The van der Waals surface area contributed by atoms with Crippen molar-refractivity contribution in [3.63, 3.8) is 0 Å². The largest absolute Gasteiger partial charge is 0.483 e. The first-order valence-corrected chi connectivity index (χ1v) is 5.99. The standard InChI is InChI=1S/C16H17NO/c1-13(17)18-12-16(14-8-4-2-5-9-14)15-10-6-3-7-11-15/h2-13H,17H2,1H3. The quantitative estimate of drug-likeness (QED) is 0.655. The Morgan fingerprint density at radius 2 is 1.39 bits per heavy atom. The van der Waals surface area contributed by atoms with Crippen LogP contribution < -0.4 is 5.73 Å². The molecule has 0 spiro atoms. The number of hydrogen-bond acceptors (Lipinski definition) is 2. The highest BCUT2D eigenvalue weighted by Gasteiger charge is 2.05. The Hall–Kier alpha value is -2.06. The molecule has 2 aromatic carbocycles. The Balaban J connectivity index is 2.39. The molecule has 0 heterocycles. The van der Waals surface area contributed by atoms with Crippen LogP contribution in [-0.4, -0.2) is 6.23 Å². The van der Waals surface area contributed by atoms with Gasteiger partial charge in [-0.25, -0.2) is 0 Å². The average Bonchev–Trinajstić information content (AvgIpc) is 2.41. The van der Waals surface area contributed by atoms with E-state index < -0.39 is 0 Å². The zero-order chi connectivity index (χ0) is 12.8. The van der Waals surface area contributed by atoms with Crippen LogP contribution >= 0.6 is 0 Å². The zero-order valence-electron chi connectivity index (χ0n) is 10.4. The van der Waals surface area contributed by atoms with E-state index in [1.807, 2.05) is 43.3 Å². The van der Waals surface area contributed by atoms with Gasteiger partial charge in [-0.05, 0) is 18.1 Å². The Morgan fingerprint density at radius 3 is 1.78 bits per heavy atom. The van der Waals surface area contributed by atoms with E-state index in [2.05, 4.69) is 24.3 Å². The maximum absolute atomic E-state index is 5.63. The van der Waals surface area contributed by atoms with Crippen LogP contribution in [0, 0.1) is 0 Å². The number of benzene rings is 2. The first kappa shape index (κ1) is 12.4. The zero-order valence-corrected chi connectivity index (χ0v) is 10.4. The van der Waals surface area contributed by atoms with E-state index in [4.69, 9.17) is 10.5 Å². The molecular formula is C16H17NO. The van der Waals surface area contributed by atoms with E-state index in [-0.39, 0.29) is 6.23 Å². The van der Waals surface area contributed by atoms with Gasteiger partial charge >= 0.3 is 0 Å². The van der Waals surface area contributed by atoms with E-state index >= 15 is 0 Å². The average molecular weight is 239 g/mol. The van der Waals surface area contributed by atoms with E-state index in [1.165, 1.54) is 0 Å². The van der Waals surface area contributed by atoms with Gasteiger partial charge in [0.1, 0.15) is 6.23 Å². The third-order valence-corrected chi connectivity index (χ3v) is 2.57. The lowest BCUT2D eigenvalue weighted by atomic mass is 9.99. The molecule has 0 radical (unpaired) electrons. The van der Waals surface area contributed by atoms with Gasteiger partial charge in [-0.15, -0.1) is 0 Å². The molecule has 0 saturated heterocycles. The maximum Gasteiger partial charge on any atom is 0.144 e. The van der Waals surface area contributed by atoms with E-state index in [0.717, 1.165) is 16.7 Å². The van der Waals surface area contributed by atoms with Gasteiger partial charge in [0, 0.05) is 5.57 Å². The van der Waals surface area contributed by atoms with Crippen molar-refractivity contribution in [2.24, 2.45) is 5.73 Å². The summed E-state index contributed by atoms with van der Waals surface area (Å²) in [6.07, 6.45) is 1.42. The van der Waals surface area contributed by atoms with Crippen molar-refractivity contribution < 1.29 is 4.74 Å². The lowest BCUT2D eigenvalue weighted by molar-refractivity contribution is 0.169. The van der Waals surface area contributed by atoms with Crippen molar-refractivity contribution in [2.45, 2.75) is 13.2 Å². The summed E-state index contributed by atoms with van der Waals surface area (Å²) < 4.78 is 5.43. The van der Waals surface area contributed by atoms with Crippen molar-refractivity contribution in [1.82, 2.24) is 0 Å². The van der Waals surface area contributed by atoms with Crippen LogP contribution in [0.25, 0.3) is 5.57 Å². The van der Waals surface area contributed by atoms with E-state index in [9.17, 15) is 0 Å². The molecule has 2 aromatic rings. The molecule has 0 aromatic heterocycles. The number of nitrogens with two attached hydrogens (primary N) is 1. The summed E-state index contributed by atoms with van der Waals surface area (Å²) in [5.41, 5.74) is 8.90. The molecule has 18 heavy (non-hydrogen) atoms. The molecule has 0 saturated carbocycles. The van der Waals surface area contributed by atoms with E-state index in [0.29, 0.717) is 0 Å². The summed E-state index contributed by atoms with van der Waals surface area (Å²) in [4.78, 5) is 0.